The van der Waals surface area contributed by atoms with Crippen LogP contribution in [-0.4, -0.2) is 29.3 Å². The SMILES string of the molecule is CC(CN)n1c(C2CCCCC2)nc2cc3c(cc21)OCCO3. The van der Waals surface area contributed by atoms with Gasteiger partial charge >= 0.3 is 0 Å². The zero-order valence-corrected chi connectivity index (χ0v) is 13.8. The Morgan fingerprint density at radius 3 is 2.57 bits per heavy atom. The average molecular weight is 315 g/mol. The van der Waals surface area contributed by atoms with E-state index in [0.29, 0.717) is 25.7 Å². The van der Waals surface area contributed by atoms with Gasteiger partial charge in [0, 0.05) is 30.6 Å². The summed E-state index contributed by atoms with van der Waals surface area (Å²) in [5.41, 5.74) is 8.10. The van der Waals surface area contributed by atoms with Gasteiger partial charge in [0.25, 0.3) is 0 Å². The van der Waals surface area contributed by atoms with E-state index in [0.717, 1.165) is 22.5 Å². The first-order valence-corrected chi connectivity index (χ1v) is 8.79. The summed E-state index contributed by atoms with van der Waals surface area (Å²) in [6, 6.07) is 4.34. The third-order valence-corrected chi connectivity index (χ3v) is 5.13. The number of hydrogen-bond acceptors (Lipinski definition) is 4. The average Bonchev–Trinajstić information content (AvgIpc) is 2.98. The third kappa shape index (κ3) is 2.57. The van der Waals surface area contributed by atoms with Gasteiger partial charge in [-0.3, -0.25) is 0 Å². The van der Waals surface area contributed by atoms with Crippen LogP contribution in [0.2, 0.25) is 0 Å². The minimum Gasteiger partial charge on any atom is -0.486 e. The highest BCUT2D eigenvalue weighted by Crippen LogP contribution is 2.39. The van der Waals surface area contributed by atoms with Crippen LogP contribution in [0.5, 0.6) is 11.5 Å². The van der Waals surface area contributed by atoms with Crippen molar-refractivity contribution >= 4 is 11.0 Å². The van der Waals surface area contributed by atoms with Gasteiger partial charge in [-0.15, -0.1) is 0 Å². The number of imidazole rings is 1. The van der Waals surface area contributed by atoms with E-state index in [-0.39, 0.29) is 6.04 Å². The van der Waals surface area contributed by atoms with E-state index in [1.807, 2.05) is 6.07 Å². The maximum absolute atomic E-state index is 5.99. The van der Waals surface area contributed by atoms with E-state index in [1.165, 1.54) is 37.9 Å². The molecule has 2 aromatic rings. The summed E-state index contributed by atoms with van der Waals surface area (Å²) in [4.78, 5) is 4.99. The van der Waals surface area contributed by atoms with Crippen molar-refractivity contribution in [3.8, 4) is 11.5 Å². The molecular formula is C18H25N3O2. The van der Waals surface area contributed by atoms with Crippen molar-refractivity contribution in [2.24, 2.45) is 5.73 Å². The Kier molecular flexibility index (Phi) is 3.89. The van der Waals surface area contributed by atoms with Gasteiger partial charge in [0.1, 0.15) is 19.0 Å². The second-order valence-electron chi connectivity index (χ2n) is 6.74. The van der Waals surface area contributed by atoms with Crippen molar-refractivity contribution in [2.45, 2.75) is 51.0 Å². The van der Waals surface area contributed by atoms with Gasteiger partial charge in [0.15, 0.2) is 11.5 Å². The molecule has 5 heteroatoms. The van der Waals surface area contributed by atoms with Gasteiger partial charge in [0.05, 0.1) is 11.0 Å². The van der Waals surface area contributed by atoms with Gasteiger partial charge in [-0.05, 0) is 19.8 Å². The van der Waals surface area contributed by atoms with E-state index in [2.05, 4.69) is 17.6 Å². The van der Waals surface area contributed by atoms with Crippen LogP contribution in [0.25, 0.3) is 11.0 Å². The van der Waals surface area contributed by atoms with Gasteiger partial charge in [0.2, 0.25) is 0 Å². The zero-order valence-electron chi connectivity index (χ0n) is 13.8. The number of rotatable bonds is 3. The molecule has 5 nitrogen and oxygen atoms in total. The first-order valence-electron chi connectivity index (χ1n) is 8.79. The van der Waals surface area contributed by atoms with E-state index in [4.69, 9.17) is 20.2 Å². The Labute approximate surface area is 136 Å². The van der Waals surface area contributed by atoms with Crippen LogP contribution >= 0.6 is 0 Å². The lowest BCUT2D eigenvalue weighted by Gasteiger charge is -2.25. The zero-order chi connectivity index (χ0) is 15.8. The van der Waals surface area contributed by atoms with Gasteiger partial charge in [-0.1, -0.05) is 19.3 Å². The minimum absolute atomic E-state index is 0.236. The Bertz CT molecular complexity index is 704. The molecule has 124 valence electrons. The molecule has 4 rings (SSSR count). The molecule has 1 atom stereocenters. The summed E-state index contributed by atoms with van der Waals surface area (Å²) >= 11 is 0. The number of nitrogens with zero attached hydrogens (tertiary/aromatic N) is 2. The van der Waals surface area contributed by atoms with Crippen LogP contribution in [0.1, 0.15) is 56.8 Å². The molecule has 1 unspecified atom stereocenters. The van der Waals surface area contributed by atoms with Gasteiger partial charge in [-0.2, -0.15) is 0 Å². The minimum atomic E-state index is 0.236. The highest BCUT2D eigenvalue weighted by Gasteiger charge is 2.26. The molecule has 1 saturated carbocycles. The summed E-state index contributed by atoms with van der Waals surface area (Å²) < 4.78 is 13.8. The normalized spacial score (nSPS) is 19.9. The molecule has 1 aliphatic carbocycles. The first kappa shape index (κ1) is 14.8. The number of aromatic nitrogens is 2. The number of ether oxygens (including phenoxy) is 2. The smallest absolute Gasteiger partial charge is 0.163 e. The lowest BCUT2D eigenvalue weighted by atomic mass is 9.88. The van der Waals surface area contributed by atoms with Crippen molar-refractivity contribution < 1.29 is 9.47 Å². The van der Waals surface area contributed by atoms with Crippen LogP contribution in [0.3, 0.4) is 0 Å². The second-order valence-corrected chi connectivity index (χ2v) is 6.74. The van der Waals surface area contributed by atoms with Crippen LogP contribution in [0, 0.1) is 0 Å². The van der Waals surface area contributed by atoms with Gasteiger partial charge in [-0.25, -0.2) is 4.98 Å². The molecule has 2 aliphatic rings. The standard InChI is InChI=1S/C18H25N3O2/c1-12(11-19)21-15-10-17-16(22-7-8-23-17)9-14(15)20-18(21)13-5-3-2-4-6-13/h9-10,12-13H,2-8,11,19H2,1H3. The molecule has 0 spiro atoms. The largest absolute Gasteiger partial charge is 0.486 e. The van der Waals surface area contributed by atoms with Gasteiger partial charge < -0.3 is 19.8 Å². The van der Waals surface area contributed by atoms with Crippen molar-refractivity contribution in [3.05, 3.63) is 18.0 Å². The molecular weight excluding hydrogens is 290 g/mol. The van der Waals surface area contributed by atoms with Crippen molar-refractivity contribution in [2.75, 3.05) is 19.8 Å². The van der Waals surface area contributed by atoms with Crippen LogP contribution < -0.4 is 15.2 Å². The molecule has 2 heterocycles. The molecule has 1 aliphatic heterocycles. The summed E-state index contributed by atoms with van der Waals surface area (Å²) in [5, 5.41) is 0. The molecule has 0 saturated heterocycles. The number of hydrogen-bond donors (Lipinski definition) is 1. The molecule has 0 radical (unpaired) electrons. The second kappa shape index (κ2) is 6.04. The predicted octanol–water partition coefficient (Wildman–Crippen LogP) is 3.37. The summed E-state index contributed by atoms with van der Waals surface area (Å²) in [6.07, 6.45) is 6.40. The molecule has 2 N–H and O–H groups in total. The van der Waals surface area contributed by atoms with Crippen LogP contribution in [-0.2, 0) is 0 Å². The van der Waals surface area contributed by atoms with Crippen LogP contribution in [0.4, 0.5) is 0 Å². The van der Waals surface area contributed by atoms with E-state index < -0.39 is 0 Å². The van der Waals surface area contributed by atoms with Crippen molar-refractivity contribution in [1.82, 2.24) is 9.55 Å². The van der Waals surface area contributed by atoms with E-state index in [9.17, 15) is 0 Å². The fourth-order valence-electron chi connectivity index (χ4n) is 3.87. The highest BCUT2D eigenvalue weighted by atomic mass is 16.6. The molecule has 0 amide bonds. The highest BCUT2D eigenvalue weighted by molar-refractivity contribution is 5.81. The summed E-state index contributed by atoms with van der Waals surface area (Å²) in [6.45, 7) is 3.99. The van der Waals surface area contributed by atoms with E-state index in [1.54, 1.807) is 0 Å². The van der Waals surface area contributed by atoms with Crippen molar-refractivity contribution in [3.63, 3.8) is 0 Å². The maximum Gasteiger partial charge on any atom is 0.163 e. The Morgan fingerprint density at radius 2 is 1.87 bits per heavy atom. The van der Waals surface area contributed by atoms with E-state index >= 15 is 0 Å². The lowest BCUT2D eigenvalue weighted by molar-refractivity contribution is 0.172. The first-order chi connectivity index (χ1) is 11.3. The molecule has 1 fully saturated rings. The molecule has 1 aromatic carbocycles. The number of fused-ring (bicyclic) bond motifs is 2. The summed E-state index contributed by atoms with van der Waals surface area (Å²) in [7, 11) is 0. The fourth-order valence-corrected chi connectivity index (χ4v) is 3.87. The Balaban J connectivity index is 1.86. The molecule has 0 bridgehead atoms. The topological polar surface area (TPSA) is 62.3 Å². The molecule has 1 aromatic heterocycles. The number of benzene rings is 1. The quantitative estimate of drug-likeness (QED) is 0.943. The maximum atomic E-state index is 5.99. The monoisotopic (exact) mass is 315 g/mol. The van der Waals surface area contributed by atoms with Crippen molar-refractivity contribution in [1.29, 1.82) is 0 Å². The lowest BCUT2D eigenvalue weighted by Crippen LogP contribution is -2.21. The predicted molar refractivity (Wildman–Crippen MR) is 90.3 cm³/mol. The summed E-state index contributed by atoms with van der Waals surface area (Å²) in [5.74, 6) is 3.37. The fraction of sp³-hybridized carbons (Fsp3) is 0.611. The Morgan fingerprint density at radius 1 is 1.17 bits per heavy atom. The molecule has 23 heavy (non-hydrogen) atoms. The Hall–Kier alpha value is -1.75. The third-order valence-electron chi connectivity index (χ3n) is 5.13. The number of nitrogens with two attached hydrogens (primary N) is 1. The van der Waals surface area contributed by atoms with Crippen LogP contribution in [0.15, 0.2) is 12.1 Å².